The van der Waals surface area contributed by atoms with Gasteiger partial charge in [0.15, 0.2) is 0 Å². The number of hydrogen-bond donors (Lipinski definition) is 1. The van der Waals surface area contributed by atoms with Crippen LogP contribution in [0.3, 0.4) is 0 Å². The van der Waals surface area contributed by atoms with E-state index < -0.39 is 0 Å². The van der Waals surface area contributed by atoms with Crippen molar-refractivity contribution >= 4 is 29.1 Å². The highest BCUT2D eigenvalue weighted by Gasteiger charge is 2.22. The van der Waals surface area contributed by atoms with E-state index in [1.54, 1.807) is 30.4 Å². The summed E-state index contributed by atoms with van der Waals surface area (Å²) in [5, 5.41) is 3.02. The summed E-state index contributed by atoms with van der Waals surface area (Å²) in [7, 11) is 0. The molecular weight excluding hydrogens is 481 g/mol. The summed E-state index contributed by atoms with van der Waals surface area (Å²) >= 11 is 1.47. The van der Waals surface area contributed by atoms with E-state index in [0.29, 0.717) is 40.5 Å². The summed E-state index contributed by atoms with van der Waals surface area (Å²) in [6.07, 6.45) is 3.48. The molecule has 0 radical (unpaired) electrons. The minimum absolute atomic E-state index is 0.193. The Balaban J connectivity index is 1.58. The van der Waals surface area contributed by atoms with Crippen LogP contribution in [0, 0.1) is 5.82 Å². The second-order valence-electron chi connectivity index (χ2n) is 8.41. The summed E-state index contributed by atoms with van der Waals surface area (Å²) in [5.74, 6) is -0.544. The van der Waals surface area contributed by atoms with Crippen molar-refractivity contribution in [1.29, 1.82) is 0 Å². The van der Waals surface area contributed by atoms with E-state index in [0.717, 1.165) is 22.7 Å². The Bertz CT molecular complexity index is 1380. The van der Waals surface area contributed by atoms with Crippen LogP contribution in [0.4, 0.5) is 10.1 Å². The van der Waals surface area contributed by atoms with Gasteiger partial charge in [-0.15, -0.1) is 0 Å². The molecule has 37 heavy (non-hydrogen) atoms. The van der Waals surface area contributed by atoms with Crippen molar-refractivity contribution < 1.29 is 9.18 Å². The number of carbonyl (C=O) groups is 1. The molecule has 6 heteroatoms. The van der Waals surface area contributed by atoms with Gasteiger partial charge in [0, 0.05) is 51.8 Å². The average molecular weight is 512 g/mol. The zero-order chi connectivity index (χ0) is 26.2. The molecule has 0 atom stereocenters. The molecule has 0 spiro atoms. The Morgan fingerprint density at radius 2 is 1.70 bits per heavy atom. The molecule has 4 nitrogen and oxygen atoms in total. The van der Waals surface area contributed by atoms with Crippen LogP contribution in [0.2, 0.25) is 0 Å². The monoisotopic (exact) mass is 511 g/mol. The third kappa shape index (κ3) is 6.27. The topological polar surface area (TPSA) is 44.7 Å². The lowest BCUT2D eigenvalue weighted by molar-refractivity contribution is -0.117. The molecule has 1 aliphatic rings. The minimum atomic E-state index is -0.351. The zero-order valence-electron chi connectivity index (χ0n) is 21.1. The van der Waals surface area contributed by atoms with E-state index >= 15 is 0 Å². The molecule has 0 aliphatic carbocycles. The fourth-order valence-electron chi connectivity index (χ4n) is 4.09. The number of allylic oxidation sites excluding steroid dienone is 1. The van der Waals surface area contributed by atoms with E-state index in [1.165, 1.54) is 17.8 Å². The van der Waals surface area contributed by atoms with Crippen LogP contribution in [0.15, 0.2) is 124 Å². The maximum absolute atomic E-state index is 14.8. The molecule has 3 aromatic carbocycles. The fourth-order valence-corrected chi connectivity index (χ4v) is 4.99. The van der Waals surface area contributed by atoms with Crippen molar-refractivity contribution in [3.8, 4) is 0 Å². The van der Waals surface area contributed by atoms with Crippen LogP contribution in [-0.2, 0) is 4.79 Å². The van der Waals surface area contributed by atoms with E-state index in [4.69, 9.17) is 4.99 Å². The van der Waals surface area contributed by atoms with Gasteiger partial charge in [0.1, 0.15) is 5.82 Å². The first kappa shape index (κ1) is 26.2. The van der Waals surface area contributed by atoms with Gasteiger partial charge in [0.2, 0.25) is 0 Å². The summed E-state index contributed by atoms with van der Waals surface area (Å²) in [6.45, 7) is 10.1. The van der Waals surface area contributed by atoms with Crippen LogP contribution >= 0.6 is 11.8 Å². The van der Waals surface area contributed by atoms with Crippen molar-refractivity contribution in [3.05, 3.63) is 131 Å². The Morgan fingerprint density at radius 1 is 1.03 bits per heavy atom. The predicted octanol–water partition coefficient (Wildman–Crippen LogP) is 6.76. The smallest absolute Gasteiger partial charge is 0.251 e. The van der Waals surface area contributed by atoms with Crippen molar-refractivity contribution in [2.75, 3.05) is 24.5 Å². The molecule has 0 fully saturated rings. The van der Waals surface area contributed by atoms with Crippen molar-refractivity contribution in [2.45, 2.75) is 18.7 Å². The standard InChI is InChI=1S/C31H30FN3OS/c1-4-23(31(36)33-19-20-35(5-2)24-13-7-6-8-14-24)21-28-22(3)37-29-18-12-10-16-26(29)30(34-28)25-15-9-11-17-27(25)32/h4,6-18,21H,3,5,19-20H2,1-2H3,(H,33,36)/b23-4?,28-21+. The molecule has 0 bridgehead atoms. The number of likely N-dealkylation sites (N-methyl/N-ethyl adjacent to an activating group) is 1. The fraction of sp³-hybridized carbons (Fsp3) is 0.161. The maximum atomic E-state index is 14.8. The largest absolute Gasteiger partial charge is 0.370 e. The van der Waals surface area contributed by atoms with Crippen molar-refractivity contribution in [3.63, 3.8) is 0 Å². The normalized spacial score (nSPS) is 14.6. The zero-order valence-corrected chi connectivity index (χ0v) is 21.9. The molecule has 1 aliphatic heterocycles. The van der Waals surface area contributed by atoms with Crippen LogP contribution in [0.25, 0.3) is 0 Å². The van der Waals surface area contributed by atoms with Gasteiger partial charge < -0.3 is 10.2 Å². The van der Waals surface area contributed by atoms with E-state index in [1.807, 2.05) is 49.4 Å². The number of hydrogen-bond acceptors (Lipinski definition) is 4. The van der Waals surface area contributed by atoms with Crippen LogP contribution in [0.5, 0.6) is 0 Å². The van der Waals surface area contributed by atoms with Gasteiger partial charge >= 0.3 is 0 Å². The number of amides is 1. The highest BCUT2D eigenvalue weighted by Crippen LogP contribution is 2.38. The summed E-state index contributed by atoms with van der Waals surface area (Å²) in [6, 6.07) is 24.5. The van der Waals surface area contributed by atoms with Crippen LogP contribution in [-0.4, -0.2) is 31.3 Å². The molecule has 1 amide bonds. The Morgan fingerprint density at radius 3 is 2.41 bits per heavy atom. The van der Waals surface area contributed by atoms with Gasteiger partial charge in [-0.25, -0.2) is 9.38 Å². The number of carbonyl (C=O) groups excluding carboxylic acids is 1. The first-order valence-corrected chi connectivity index (χ1v) is 13.1. The summed E-state index contributed by atoms with van der Waals surface area (Å²) in [4.78, 5) is 21.8. The number of thioether (sulfide) groups is 1. The van der Waals surface area contributed by atoms with E-state index in [-0.39, 0.29) is 11.7 Å². The van der Waals surface area contributed by atoms with E-state index in [2.05, 4.69) is 35.9 Å². The second-order valence-corrected chi connectivity index (χ2v) is 9.54. The predicted molar refractivity (Wildman–Crippen MR) is 153 cm³/mol. The number of aliphatic imine (C=N–C) groups is 1. The molecule has 0 aromatic heterocycles. The number of fused-ring (bicyclic) bond motifs is 1. The number of rotatable bonds is 8. The maximum Gasteiger partial charge on any atom is 0.251 e. The SMILES string of the molecule is C=C1Sc2ccccc2C(c2ccccc2F)=N/C1=C/C(=CC)C(=O)NCCN(CC)c1ccccc1. The molecule has 3 aromatic rings. The van der Waals surface area contributed by atoms with Gasteiger partial charge in [-0.1, -0.05) is 72.9 Å². The highest BCUT2D eigenvalue weighted by molar-refractivity contribution is 8.03. The average Bonchev–Trinajstić information content (AvgIpc) is 3.06. The molecule has 1 heterocycles. The molecule has 0 unspecified atom stereocenters. The number of halogens is 1. The van der Waals surface area contributed by atoms with Crippen molar-refractivity contribution in [1.82, 2.24) is 5.32 Å². The molecule has 0 saturated carbocycles. The lowest BCUT2D eigenvalue weighted by Crippen LogP contribution is -2.35. The van der Waals surface area contributed by atoms with Crippen LogP contribution in [0.1, 0.15) is 25.0 Å². The first-order valence-electron chi connectivity index (χ1n) is 12.3. The first-order chi connectivity index (χ1) is 18.0. The molecule has 4 rings (SSSR count). The number of para-hydroxylation sites is 1. The summed E-state index contributed by atoms with van der Waals surface area (Å²) < 4.78 is 14.8. The Kier molecular flexibility index (Phi) is 8.75. The number of anilines is 1. The second kappa shape index (κ2) is 12.4. The van der Waals surface area contributed by atoms with Gasteiger partial charge in [-0.3, -0.25) is 4.79 Å². The van der Waals surface area contributed by atoms with Crippen molar-refractivity contribution in [2.24, 2.45) is 4.99 Å². The van der Waals surface area contributed by atoms with Crippen LogP contribution < -0.4 is 10.2 Å². The number of nitrogens with one attached hydrogen (secondary N) is 1. The van der Waals surface area contributed by atoms with Gasteiger partial charge in [-0.05, 0) is 50.3 Å². The highest BCUT2D eigenvalue weighted by atomic mass is 32.2. The Hall–Kier alpha value is -3.90. The lowest BCUT2D eigenvalue weighted by Gasteiger charge is -2.23. The molecule has 0 saturated heterocycles. The Labute approximate surface area is 222 Å². The number of nitrogens with zero attached hydrogens (tertiary/aromatic N) is 2. The molecule has 1 N–H and O–H groups in total. The van der Waals surface area contributed by atoms with Gasteiger partial charge in [-0.2, -0.15) is 0 Å². The van der Waals surface area contributed by atoms with Gasteiger partial charge in [0.25, 0.3) is 5.91 Å². The van der Waals surface area contributed by atoms with Gasteiger partial charge in [0.05, 0.1) is 11.4 Å². The third-order valence-corrected chi connectivity index (χ3v) is 7.09. The number of benzene rings is 3. The minimum Gasteiger partial charge on any atom is -0.370 e. The quantitative estimate of drug-likeness (QED) is 0.340. The lowest BCUT2D eigenvalue weighted by atomic mass is 10.0. The van der Waals surface area contributed by atoms with E-state index in [9.17, 15) is 9.18 Å². The molecule has 188 valence electrons. The summed E-state index contributed by atoms with van der Waals surface area (Å²) in [5.41, 5.74) is 3.87. The third-order valence-electron chi connectivity index (χ3n) is 6.06. The molecular formula is C31H30FN3OS.